The van der Waals surface area contributed by atoms with Gasteiger partial charge in [0.05, 0.1) is 26.1 Å². The summed E-state index contributed by atoms with van der Waals surface area (Å²) < 4.78 is 9.08. The number of aromatic amines is 2. The van der Waals surface area contributed by atoms with Crippen LogP contribution in [0, 0.1) is 5.21 Å². The second-order valence-corrected chi connectivity index (χ2v) is 5.63. The van der Waals surface area contributed by atoms with Crippen LogP contribution in [0.3, 0.4) is 0 Å². The molecule has 0 saturated carbocycles. The van der Waals surface area contributed by atoms with E-state index in [-0.39, 0.29) is 28.1 Å². The van der Waals surface area contributed by atoms with Crippen LogP contribution < -0.4 is 11.0 Å². The van der Waals surface area contributed by atoms with E-state index in [2.05, 4.69) is 39.4 Å². The second kappa shape index (κ2) is 8.48. The van der Waals surface area contributed by atoms with Gasteiger partial charge in [-0.2, -0.15) is 5.23 Å². The van der Waals surface area contributed by atoms with E-state index >= 15 is 0 Å². The molecule has 6 N–H and O–H groups in total. The number of quaternary nitrogens is 1. The van der Waals surface area contributed by atoms with E-state index < -0.39 is 17.2 Å². The molecule has 14 heteroatoms. The summed E-state index contributed by atoms with van der Waals surface area (Å²) in [5, 5.41) is 18.6. The van der Waals surface area contributed by atoms with E-state index in [0.717, 1.165) is 6.33 Å². The topological polar surface area (TPSA) is 209 Å². The molecular weight excluding hydrogens is 400 g/mol. The fourth-order valence-corrected chi connectivity index (χ4v) is 2.56. The van der Waals surface area contributed by atoms with Crippen molar-refractivity contribution in [2.45, 2.75) is 0 Å². The van der Waals surface area contributed by atoms with E-state index in [4.69, 9.17) is 10.9 Å². The predicted octanol–water partition coefficient (Wildman–Crippen LogP) is -0.525. The van der Waals surface area contributed by atoms with E-state index in [1.807, 2.05) is 0 Å². The summed E-state index contributed by atoms with van der Waals surface area (Å²) in [6.45, 7) is 0. The first-order valence-corrected chi connectivity index (χ1v) is 8.18. The molecule has 4 rings (SSSR count). The molecule has 0 aliphatic heterocycles. The number of nitrogens with two attached hydrogens (primary N) is 1. The number of esters is 2. The highest BCUT2D eigenvalue weighted by Crippen LogP contribution is 2.20. The lowest BCUT2D eigenvalue weighted by Crippen LogP contribution is -2.99. The lowest BCUT2D eigenvalue weighted by atomic mass is 10.3. The molecule has 30 heavy (non-hydrogen) atoms. The van der Waals surface area contributed by atoms with Crippen molar-refractivity contribution in [2.75, 3.05) is 20.0 Å². The first-order chi connectivity index (χ1) is 14.4. The molecule has 14 nitrogen and oxygen atoms in total. The van der Waals surface area contributed by atoms with E-state index in [9.17, 15) is 14.8 Å². The van der Waals surface area contributed by atoms with Crippen LogP contribution in [0.25, 0.3) is 22.1 Å². The molecule has 0 bridgehead atoms. The normalized spacial score (nSPS) is 11.6. The molecule has 0 saturated heterocycles. The van der Waals surface area contributed by atoms with Crippen LogP contribution in [0.5, 0.6) is 0 Å². The molecule has 156 valence electrons. The Kier molecular flexibility index (Phi) is 5.82. The van der Waals surface area contributed by atoms with Crippen LogP contribution in [0.15, 0.2) is 25.0 Å². The molecule has 0 amide bonds. The van der Waals surface area contributed by atoms with Gasteiger partial charge in [0.15, 0.2) is 16.9 Å². The van der Waals surface area contributed by atoms with Crippen molar-refractivity contribution in [1.82, 2.24) is 29.9 Å². The molecule has 0 radical (unpaired) electrons. The van der Waals surface area contributed by atoms with Gasteiger partial charge in [-0.25, -0.2) is 34.7 Å². The maximum atomic E-state index is 11.3. The number of nitrogen functional groups attached to an aromatic ring is 1. The Labute approximate surface area is 167 Å². The average molecular weight is 416 g/mol. The van der Waals surface area contributed by atoms with Crippen LogP contribution in [0.1, 0.15) is 21.0 Å². The summed E-state index contributed by atoms with van der Waals surface area (Å²) in [6.07, 6.45) is 5.22. The Morgan fingerprint density at radius 2 is 1.47 bits per heavy atom. The minimum Gasteiger partial charge on any atom is -0.595 e. The zero-order chi connectivity index (χ0) is 21.8. The lowest BCUT2D eigenvalue weighted by molar-refractivity contribution is -0.990. The minimum atomic E-state index is -1.12. The van der Waals surface area contributed by atoms with Crippen LogP contribution in [-0.2, 0) is 9.47 Å². The fourth-order valence-electron chi connectivity index (χ4n) is 2.56. The van der Waals surface area contributed by atoms with Crippen LogP contribution in [0.2, 0.25) is 0 Å². The first-order valence-electron chi connectivity index (χ1n) is 8.18. The Bertz CT molecular complexity index is 1220. The van der Waals surface area contributed by atoms with Crippen molar-refractivity contribution in [1.29, 1.82) is 0 Å². The summed E-state index contributed by atoms with van der Waals surface area (Å²) in [6, 6.07) is 0. The van der Waals surface area contributed by atoms with Crippen molar-refractivity contribution < 1.29 is 29.5 Å². The number of nitrogens with one attached hydrogen (secondary N) is 3. The summed E-state index contributed by atoms with van der Waals surface area (Å²) in [5.74, 6) is -1.16. The van der Waals surface area contributed by atoms with Gasteiger partial charge >= 0.3 is 11.9 Å². The van der Waals surface area contributed by atoms with E-state index in [0.29, 0.717) is 16.7 Å². The molecule has 4 aromatic rings. The predicted molar refractivity (Wildman–Crippen MR) is 101 cm³/mol. The summed E-state index contributed by atoms with van der Waals surface area (Å²) in [5.41, 5.74) is 7.75. The number of aromatic nitrogens is 6. The highest BCUT2D eigenvalue weighted by atomic mass is 16.8. The molecule has 0 spiro atoms. The zero-order valence-electron chi connectivity index (χ0n) is 15.7. The number of hydrogen-bond donors (Lipinski definition) is 5. The SMILES string of the molecule is COC(=O)c1ncnc2c(N)c[nH]c12.COC(=O)c1ncnc2c([NH+]([O-])O)c[nH]c12. The third kappa shape index (κ3) is 3.72. The third-order valence-electron chi connectivity index (χ3n) is 3.94. The van der Waals surface area contributed by atoms with Crippen molar-refractivity contribution in [3.63, 3.8) is 0 Å². The van der Waals surface area contributed by atoms with Gasteiger partial charge in [0.25, 0.3) is 0 Å². The molecule has 4 aromatic heterocycles. The molecule has 4 heterocycles. The number of carbonyl (C=O) groups is 2. The highest BCUT2D eigenvalue weighted by molar-refractivity contribution is 6.03. The van der Waals surface area contributed by atoms with Crippen molar-refractivity contribution in [2.24, 2.45) is 0 Å². The second-order valence-electron chi connectivity index (χ2n) is 5.63. The quantitative estimate of drug-likeness (QED) is 0.212. The summed E-state index contributed by atoms with van der Waals surface area (Å²) in [7, 11) is 2.51. The van der Waals surface area contributed by atoms with Gasteiger partial charge in [-0.15, -0.1) is 0 Å². The number of anilines is 1. The number of nitrogens with zero attached hydrogens (tertiary/aromatic N) is 4. The maximum Gasteiger partial charge on any atom is 0.358 e. The number of hydrogen-bond acceptors (Lipinski definition) is 11. The third-order valence-corrected chi connectivity index (χ3v) is 3.94. The largest absolute Gasteiger partial charge is 0.595 e. The van der Waals surface area contributed by atoms with E-state index in [1.165, 1.54) is 26.7 Å². The average Bonchev–Trinajstić information content (AvgIpc) is 3.37. The smallest absolute Gasteiger partial charge is 0.358 e. The van der Waals surface area contributed by atoms with Crippen molar-refractivity contribution in [3.05, 3.63) is 41.6 Å². The minimum absolute atomic E-state index is 0.0115. The van der Waals surface area contributed by atoms with Gasteiger partial charge in [0, 0.05) is 6.20 Å². The molecule has 1 atom stereocenters. The zero-order valence-corrected chi connectivity index (χ0v) is 15.7. The Balaban J connectivity index is 0.000000172. The number of rotatable bonds is 3. The maximum absolute atomic E-state index is 11.3. The Morgan fingerprint density at radius 1 is 0.967 bits per heavy atom. The lowest BCUT2D eigenvalue weighted by Gasteiger charge is -2.08. The van der Waals surface area contributed by atoms with Gasteiger partial charge < -0.3 is 30.4 Å². The van der Waals surface area contributed by atoms with Gasteiger partial charge in [-0.1, -0.05) is 0 Å². The first kappa shape index (κ1) is 20.6. The van der Waals surface area contributed by atoms with Crippen molar-refractivity contribution in [3.8, 4) is 0 Å². The number of ether oxygens (including phenoxy) is 2. The van der Waals surface area contributed by atoms with E-state index in [1.54, 1.807) is 6.20 Å². The Hall–Kier alpha value is -4.14. The van der Waals surface area contributed by atoms with Gasteiger partial charge in [-0.3, -0.25) is 0 Å². The summed E-state index contributed by atoms with van der Waals surface area (Å²) in [4.78, 5) is 43.4. The molecular formula is C16H16N8O6. The van der Waals surface area contributed by atoms with Crippen molar-refractivity contribution >= 4 is 45.4 Å². The standard InChI is InChI=1S/C8H8N4O4.C8H8N4O2/c1-16-8(13)7-6-5(10-3-11-7)4(2-9-6)12(14)15;1-14-8(13)7-6-5(11-3-12-7)4(9)2-10-6/h2-3,9,12,14H,1H3;2-3,10H,9H2,1H3. The number of fused-ring (bicyclic) bond motifs is 2. The molecule has 0 aromatic carbocycles. The number of H-pyrrole nitrogens is 2. The number of methoxy groups -OCH3 is 2. The molecule has 0 fully saturated rings. The van der Waals surface area contributed by atoms with Crippen LogP contribution >= 0.6 is 0 Å². The van der Waals surface area contributed by atoms with Crippen LogP contribution in [0.4, 0.5) is 11.4 Å². The fraction of sp³-hybridized carbons (Fsp3) is 0.125. The van der Waals surface area contributed by atoms with Gasteiger partial charge in [-0.05, 0) is 0 Å². The summed E-state index contributed by atoms with van der Waals surface area (Å²) >= 11 is 0. The molecule has 0 aliphatic carbocycles. The number of carbonyl (C=O) groups excluding carboxylic acids is 2. The van der Waals surface area contributed by atoms with Crippen LogP contribution in [-0.4, -0.2) is 61.3 Å². The highest BCUT2D eigenvalue weighted by Gasteiger charge is 2.19. The molecule has 1 unspecified atom stereocenters. The van der Waals surface area contributed by atoms with Gasteiger partial charge in [0.1, 0.15) is 29.2 Å². The monoisotopic (exact) mass is 416 g/mol. The molecule has 0 aliphatic rings. The Morgan fingerprint density at radius 3 is 2.00 bits per heavy atom. The van der Waals surface area contributed by atoms with Gasteiger partial charge in [0.2, 0.25) is 5.69 Å².